The number of oxazole rings is 1. The number of hydrogen-bond acceptors (Lipinski definition) is 3. The maximum Gasteiger partial charge on any atom is 0.420 e. The molecule has 1 amide bonds. The third kappa shape index (κ3) is 3.85. The van der Waals surface area contributed by atoms with Gasteiger partial charge in [-0.15, -0.1) is 0 Å². The van der Waals surface area contributed by atoms with Gasteiger partial charge >= 0.3 is 5.76 Å². The lowest BCUT2D eigenvalue weighted by atomic mass is 10.0. The number of fused-ring (bicyclic) bond motifs is 1. The highest BCUT2D eigenvalue weighted by Crippen LogP contribution is 2.20. The van der Waals surface area contributed by atoms with Crippen LogP contribution in [0, 0.1) is 0 Å². The molecular formula is C22H17ClN2O3. The van der Waals surface area contributed by atoms with Gasteiger partial charge < -0.3 is 9.73 Å². The molecule has 5 nitrogen and oxygen atoms in total. The third-order valence-corrected chi connectivity index (χ3v) is 4.70. The first-order chi connectivity index (χ1) is 13.6. The Morgan fingerprint density at radius 2 is 1.75 bits per heavy atom. The number of nitrogens with zero attached hydrogens (tertiary/aromatic N) is 1. The summed E-state index contributed by atoms with van der Waals surface area (Å²) in [6.45, 7) is -0.146. The number of aromatic nitrogens is 1. The van der Waals surface area contributed by atoms with Gasteiger partial charge in [0.25, 0.3) is 0 Å². The summed E-state index contributed by atoms with van der Waals surface area (Å²) < 4.78 is 6.47. The molecule has 0 aliphatic carbocycles. The van der Waals surface area contributed by atoms with Crippen molar-refractivity contribution in [3.05, 3.63) is 99.5 Å². The van der Waals surface area contributed by atoms with Gasteiger partial charge in [-0.2, -0.15) is 0 Å². The average Bonchev–Trinajstić information content (AvgIpc) is 2.98. The number of amides is 1. The Labute approximate surface area is 166 Å². The number of para-hydroxylation sites is 1. The van der Waals surface area contributed by atoms with E-state index in [0.29, 0.717) is 22.5 Å². The number of nitrogens with one attached hydrogen (secondary N) is 1. The van der Waals surface area contributed by atoms with Crippen LogP contribution in [0.2, 0.25) is 5.02 Å². The maximum absolute atomic E-state index is 12.6. The lowest BCUT2D eigenvalue weighted by Gasteiger charge is -2.11. The molecule has 4 rings (SSSR count). The van der Waals surface area contributed by atoms with E-state index >= 15 is 0 Å². The number of hydrogen-bond donors (Lipinski definition) is 1. The Bertz CT molecular complexity index is 1200. The molecule has 0 fully saturated rings. The summed E-state index contributed by atoms with van der Waals surface area (Å²) in [6.07, 6.45) is 0.699. The molecule has 140 valence electrons. The quantitative estimate of drug-likeness (QED) is 0.544. The molecule has 0 saturated carbocycles. The van der Waals surface area contributed by atoms with Crippen molar-refractivity contribution in [2.45, 2.75) is 13.0 Å². The Morgan fingerprint density at radius 1 is 1.00 bits per heavy atom. The molecule has 0 atom stereocenters. The second-order valence-electron chi connectivity index (χ2n) is 6.43. The normalized spacial score (nSPS) is 10.9. The van der Waals surface area contributed by atoms with E-state index in [1.54, 1.807) is 18.2 Å². The summed E-state index contributed by atoms with van der Waals surface area (Å²) in [7, 11) is 0. The summed E-state index contributed by atoms with van der Waals surface area (Å²) in [4.78, 5) is 24.7. The molecule has 0 radical (unpaired) electrons. The van der Waals surface area contributed by atoms with Crippen molar-refractivity contribution < 1.29 is 9.21 Å². The van der Waals surface area contributed by atoms with E-state index in [1.807, 2.05) is 54.6 Å². The zero-order chi connectivity index (χ0) is 19.5. The van der Waals surface area contributed by atoms with E-state index in [9.17, 15) is 9.59 Å². The topological polar surface area (TPSA) is 64.2 Å². The smallest absolute Gasteiger partial charge is 0.408 e. The summed E-state index contributed by atoms with van der Waals surface area (Å²) in [5, 5.41) is 3.37. The van der Waals surface area contributed by atoms with Crippen molar-refractivity contribution in [3.63, 3.8) is 0 Å². The van der Waals surface area contributed by atoms with E-state index in [4.69, 9.17) is 16.0 Å². The fourth-order valence-corrected chi connectivity index (χ4v) is 3.30. The third-order valence-electron chi connectivity index (χ3n) is 4.46. The molecule has 1 heterocycles. The van der Waals surface area contributed by atoms with Gasteiger partial charge in [0.2, 0.25) is 5.91 Å². The number of benzene rings is 3. The van der Waals surface area contributed by atoms with Gasteiger partial charge in [-0.3, -0.25) is 9.36 Å². The van der Waals surface area contributed by atoms with Crippen molar-refractivity contribution in [1.82, 2.24) is 4.57 Å². The minimum absolute atomic E-state index is 0.146. The second kappa shape index (κ2) is 7.74. The molecule has 6 heteroatoms. The van der Waals surface area contributed by atoms with Gasteiger partial charge in [0.1, 0.15) is 6.54 Å². The van der Waals surface area contributed by atoms with Gasteiger partial charge in [-0.25, -0.2) is 4.79 Å². The fourth-order valence-electron chi connectivity index (χ4n) is 3.14. The van der Waals surface area contributed by atoms with Crippen LogP contribution in [0.3, 0.4) is 0 Å². The zero-order valence-electron chi connectivity index (χ0n) is 14.9. The number of carbonyl (C=O) groups excluding carboxylic acids is 1. The molecule has 0 unspecified atom stereocenters. The van der Waals surface area contributed by atoms with Crippen LogP contribution in [0.15, 0.2) is 82.0 Å². The number of anilines is 1. The van der Waals surface area contributed by atoms with Gasteiger partial charge in [-0.1, -0.05) is 60.1 Å². The molecule has 0 spiro atoms. The van der Waals surface area contributed by atoms with E-state index in [0.717, 1.165) is 16.8 Å². The lowest BCUT2D eigenvalue weighted by molar-refractivity contribution is -0.116. The minimum Gasteiger partial charge on any atom is -0.408 e. The number of halogens is 1. The highest BCUT2D eigenvalue weighted by molar-refractivity contribution is 6.31. The van der Waals surface area contributed by atoms with Crippen LogP contribution in [0.5, 0.6) is 0 Å². The largest absolute Gasteiger partial charge is 0.420 e. The first-order valence-corrected chi connectivity index (χ1v) is 9.18. The number of carbonyl (C=O) groups is 1. The molecule has 1 aromatic heterocycles. The molecule has 3 aromatic carbocycles. The number of rotatable bonds is 5. The minimum atomic E-state index is -0.593. The van der Waals surface area contributed by atoms with Crippen molar-refractivity contribution >= 4 is 34.3 Å². The Hall–Kier alpha value is -3.31. The van der Waals surface area contributed by atoms with Gasteiger partial charge in [0.05, 0.1) is 5.52 Å². The fraction of sp³-hybridized carbons (Fsp3) is 0.0909. The molecule has 0 aliphatic rings. The molecule has 28 heavy (non-hydrogen) atoms. The first-order valence-electron chi connectivity index (χ1n) is 8.81. The predicted molar refractivity (Wildman–Crippen MR) is 110 cm³/mol. The summed E-state index contributed by atoms with van der Waals surface area (Å²) in [6, 6.07) is 22.5. The molecule has 4 aromatic rings. The Morgan fingerprint density at radius 3 is 2.57 bits per heavy atom. The van der Waals surface area contributed by atoms with Crippen LogP contribution in [-0.2, 0) is 17.8 Å². The Balaban J connectivity index is 1.55. The van der Waals surface area contributed by atoms with E-state index in [2.05, 4.69) is 5.32 Å². The summed E-state index contributed by atoms with van der Waals surface area (Å²) >= 11 is 5.93. The van der Waals surface area contributed by atoms with E-state index in [-0.39, 0.29) is 12.5 Å². The van der Waals surface area contributed by atoms with Crippen molar-refractivity contribution in [3.8, 4) is 0 Å². The van der Waals surface area contributed by atoms with Gasteiger partial charge in [0, 0.05) is 16.8 Å². The van der Waals surface area contributed by atoms with Crippen molar-refractivity contribution in [2.75, 3.05) is 5.32 Å². The van der Waals surface area contributed by atoms with Crippen molar-refractivity contribution in [1.29, 1.82) is 0 Å². The molecular weight excluding hydrogens is 376 g/mol. The van der Waals surface area contributed by atoms with E-state index in [1.165, 1.54) is 4.57 Å². The zero-order valence-corrected chi connectivity index (χ0v) is 15.6. The highest BCUT2D eigenvalue weighted by atomic mass is 35.5. The summed E-state index contributed by atoms with van der Waals surface area (Å²) in [5.74, 6) is -0.898. The molecule has 1 N–H and O–H groups in total. The van der Waals surface area contributed by atoms with Crippen molar-refractivity contribution in [2.24, 2.45) is 0 Å². The maximum atomic E-state index is 12.6. The molecule has 0 bridgehead atoms. The second-order valence-corrected chi connectivity index (χ2v) is 6.87. The van der Waals surface area contributed by atoms with Crippen LogP contribution in [0.25, 0.3) is 11.1 Å². The lowest BCUT2D eigenvalue weighted by Crippen LogP contribution is -2.25. The first kappa shape index (κ1) is 18.1. The van der Waals surface area contributed by atoms with Gasteiger partial charge in [-0.05, 0) is 35.7 Å². The van der Waals surface area contributed by atoms with Crippen LogP contribution in [0.1, 0.15) is 11.1 Å². The predicted octanol–water partition coefficient (Wildman–Crippen LogP) is 4.48. The van der Waals surface area contributed by atoms with Crippen LogP contribution in [0.4, 0.5) is 5.69 Å². The van der Waals surface area contributed by atoms with Gasteiger partial charge in [0.15, 0.2) is 5.58 Å². The van der Waals surface area contributed by atoms with E-state index < -0.39 is 5.76 Å². The molecule has 0 aliphatic heterocycles. The average molecular weight is 393 g/mol. The Kier molecular flexibility index (Phi) is 5.00. The van der Waals surface area contributed by atoms with Crippen LogP contribution >= 0.6 is 11.6 Å². The monoisotopic (exact) mass is 392 g/mol. The standard InChI is InChI=1S/C22H17ClN2O3/c23-17-10-11-19-20(13-17)28-22(27)25(19)14-21(26)24-18-9-5-4-8-16(18)12-15-6-2-1-3-7-15/h1-11,13H,12,14H2,(H,24,26). The van der Waals surface area contributed by atoms with Crippen LogP contribution in [-0.4, -0.2) is 10.5 Å². The highest BCUT2D eigenvalue weighted by Gasteiger charge is 2.14. The molecule has 0 saturated heterocycles. The SMILES string of the molecule is O=C(Cn1c(=O)oc2cc(Cl)ccc21)Nc1ccccc1Cc1ccccc1. The van der Waals surface area contributed by atoms with Crippen LogP contribution < -0.4 is 11.1 Å². The summed E-state index contributed by atoms with van der Waals surface area (Å²) in [5.41, 5.74) is 3.76.